The van der Waals surface area contributed by atoms with E-state index in [1.807, 2.05) is 24.3 Å². The van der Waals surface area contributed by atoms with Crippen LogP contribution in [0.4, 0.5) is 5.69 Å². The van der Waals surface area contributed by atoms with E-state index in [0.717, 1.165) is 10.9 Å². The maximum absolute atomic E-state index is 12.5. The molecule has 5 nitrogen and oxygen atoms in total. The molecule has 6 heteroatoms. The Hall–Kier alpha value is -2.91. The molecule has 0 fully saturated rings. The summed E-state index contributed by atoms with van der Waals surface area (Å²) in [5.74, 6) is 0. The van der Waals surface area contributed by atoms with Crippen LogP contribution >= 0.6 is 0 Å². The van der Waals surface area contributed by atoms with Gasteiger partial charge in [-0.25, -0.2) is 8.42 Å². The van der Waals surface area contributed by atoms with Gasteiger partial charge in [0, 0.05) is 22.7 Å². The Morgan fingerprint density at radius 1 is 1.09 bits per heavy atom. The van der Waals surface area contributed by atoms with Gasteiger partial charge >= 0.3 is 0 Å². The molecular weight excluding hydrogens is 298 g/mol. The minimum atomic E-state index is -3.67. The first kappa shape index (κ1) is 12.8. The van der Waals surface area contributed by atoms with Crippen LogP contribution in [0.25, 0.3) is 22.0 Å². The average molecular weight is 307 g/mol. The summed E-state index contributed by atoms with van der Waals surface area (Å²) in [6, 6.07) is 14.0. The maximum atomic E-state index is 12.5. The maximum Gasteiger partial charge on any atom is 0.262 e. The van der Waals surface area contributed by atoms with E-state index in [4.69, 9.17) is 5.26 Å². The fraction of sp³-hybridized carbons (Fsp3) is 0. The second-order valence-corrected chi connectivity index (χ2v) is 6.64. The number of hydrogen-bond donors (Lipinski definition) is 1. The summed E-state index contributed by atoms with van der Waals surface area (Å²) in [6.45, 7) is 0. The number of hydrogen-bond acceptors (Lipinski definition) is 4. The molecule has 22 heavy (non-hydrogen) atoms. The number of sulfonamides is 1. The van der Waals surface area contributed by atoms with Gasteiger partial charge in [0.2, 0.25) is 0 Å². The van der Waals surface area contributed by atoms with Crippen LogP contribution in [-0.4, -0.2) is 13.4 Å². The zero-order valence-electron chi connectivity index (χ0n) is 11.2. The summed E-state index contributed by atoms with van der Waals surface area (Å²) in [4.78, 5) is 4.46. The van der Waals surface area contributed by atoms with Crippen LogP contribution in [-0.2, 0) is 10.0 Å². The minimum Gasteiger partial charge on any atom is -0.277 e. The molecule has 0 saturated heterocycles. The molecule has 0 atom stereocenters. The van der Waals surface area contributed by atoms with Gasteiger partial charge in [0.05, 0.1) is 27.7 Å². The molecule has 3 aromatic rings. The molecule has 0 amide bonds. The van der Waals surface area contributed by atoms with Crippen molar-refractivity contribution in [3.8, 4) is 17.2 Å². The Labute approximate surface area is 126 Å². The van der Waals surface area contributed by atoms with E-state index in [9.17, 15) is 8.42 Å². The highest BCUT2D eigenvalue weighted by Crippen LogP contribution is 2.42. The van der Waals surface area contributed by atoms with Crippen LogP contribution in [0.3, 0.4) is 0 Å². The number of fused-ring (bicyclic) bond motifs is 5. The van der Waals surface area contributed by atoms with Crippen LogP contribution in [0.2, 0.25) is 0 Å². The van der Waals surface area contributed by atoms with Crippen molar-refractivity contribution in [3.05, 3.63) is 54.2 Å². The first-order valence-electron chi connectivity index (χ1n) is 6.55. The molecule has 1 aliphatic heterocycles. The summed E-state index contributed by atoms with van der Waals surface area (Å²) in [5, 5.41) is 9.91. The van der Waals surface area contributed by atoms with Gasteiger partial charge in [-0.3, -0.25) is 9.71 Å². The number of pyridine rings is 1. The average Bonchev–Trinajstić information content (AvgIpc) is 2.54. The molecule has 0 unspecified atom stereocenters. The Morgan fingerprint density at radius 2 is 1.95 bits per heavy atom. The highest BCUT2D eigenvalue weighted by Gasteiger charge is 2.29. The van der Waals surface area contributed by atoms with Crippen molar-refractivity contribution in [1.29, 1.82) is 5.26 Å². The number of anilines is 1. The molecular formula is C16H9N3O2S. The molecule has 0 bridgehead atoms. The lowest BCUT2D eigenvalue weighted by atomic mass is 9.99. The smallest absolute Gasteiger partial charge is 0.262 e. The lowest BCUT2D eigenvalue weighted by Gasteiger charge is -2.22. The van der Waals surface area contributed by atoms with Crippen LogP contribution in [0, 0.1) is 11.3 Å². The summed E-state index contributed by atoms with van der Waals surface area (Å²) >= 11 is 0. The van der Waals surface area contributed by atoms with Crippen LogP contribution in [0.1, 0.15) is 5.56 Å². The number of nitriles is 1. The molecule has 4 rings (SSSR count). The fourth-order valence-electron chi connectivity index (χ4n) is 2.71. The highest BCUT2D eigenvalue weighted by atomic mass is 32.2. The number of nitrogens with one attached hydrogen (secondary N) is 1. The highest BCUT2D eigenvalue weighted by molar-refractivity contribution is 7.93. The van der Waals surface area contributed by atoms with Crippen molar-refractivity contribution in [3.63, 3.8) is 0 Å². The molecule has 1 aliphatic rings. The summed E-state index contributed by atoms with van der Waals surface area (Å²) < 4.78 is 27.5. The largest absolute Gasteiger partial charge is 0.277 e. The first-order chi connectivity index (χ1) is 10.6. The third kappa shape index (κ3) is 1.70. The zero-order valence-corrected chi connectivity index (χ0v) is 12.1. The van der Waals surface area contributed by atoms with Gasteiger partial charge in [-0.05, 0) is 24.3 Å². The van der Waals surface area contributed by atoms with Crippen molar-refractivity contribution in [1.82, 2.24) is 4.98 Å². The minimum absolute atomic E-state index is 0.175. The second kappa shape index (κ2) is 4.29. The molecule has 0 radical (unpaired) electrons. The van der Waals surface area contributed by atoms with Gasteiger partial charge in [-0.15, -0.1) is 0 Å². The van der Waals surface area contributed by atoms with Gasteiger partial charge in [-0.1, -0.05) is 18.2 Å². The standard InChI is InChI=1S/C16H9N3O2S/c17-9-10-3-6-14-13(8-10)12-5-4-11-2-1-7-18-15(11)16(12)19-22(14,20)21/h1-8,19H. The van der Waals surface area contributed by atoms with E-state index < -0.39 is 10.0 Å². The fourth-order valence-corrected chi connectivity index (χ4v) is 4.00. The normalized spacial score (nSPS) is 14.5. The second-order valence-electron chi connectivity index (χ2n) is 4.99. The van der Waals surface area contributed by atoms with Gasteiger partial charge in [-0.2, -0.15) is 5.26 Å². The third-order valence-electron chi connectivity index (χ3n) is 3.70. The Bertz CT molecular complexity index is 1080. The van der Waals surface area contributed by atoms with Crippen molar-refractivity contribution in [2.45, 2.75) is 4.90 Å². The third-order valence-corrected chi connectivity index (χ3v) is 5.11. The van der Waals surface area contributed by atoms with Crippen molar-refractivity contribution < 1.29 is 8.42 Å². The van der Waals surface area contributed by atoms with E-state index in [2.05, 4.69) is 9.71 Å². The van der Waals surface area contributed by atoms with Gasteiger partial charge in [0.1, 0.15) is 0 Å². The summed E-state index contributed by atoms with van der Waals surface area (Å²) in [5.41, 5.74) is 2.73. The number of aromatic nitrogens is 1. The SMILES string of the molecule is N#Cc1ccc2c(c1)-c1ccc3cccnc3c1NS2(=O)=O. The van der Waals surface area contributed by atoms with E-state index >= 15 is 0 Å². The molecule has 0 saturated carbocycles. The van der Waals surface area contributed by atoms with Crippen molar-refractivity contribution in [2.24, 2.45) is 0 Å². The predicted molar refractivity (Wildman–Crippen MR) is 82.7 cm³/mol. The number of rotatable bonds is 0. The molecule has 1 aromatic heterocycles. The van der Waals surface area contributed by atoms with E-state index in [-0.39, 0.29) is 4.90 Å². The molecule has 0 spiro atoms. The van der Waals surface area contributed by atoms with Crippen LogP contribution in [0.15, 0.2) is 53.6 Å². The lowest BCUT2D eigenvalue weighted by Crippen LogP contribution is -2.19. The molecule has 1 N–H and O–H groups in total. The van der Waals surface area contributed by atoms with Crippen LogP contribution < -0.4 is 4.72 Å². The Morgan fingerprint density at radius 3 is 2.77 bits per heavy atom. The zero-order chi connectivity index (χ0) is 15.3. The molecule has 2 aromatic carbocycles. The quantitative estimate of drug-likeness (QED) is 0.692. The predicted octanol–water partition coefficient (Wildman–Crippen LogP) is 2.89. The van der Waals surface area contributed by atoms with E-state index in [1.54, 1.807) is 18.3 Å². The lowest BCUT2D eigenvalue weighted by molar-refractivity contribution is 0.601. The monoisotopic (exact) mass is 307 g/mol. The number of benzene rings is 2. The van der Waals surface area contributed by atoms with Gasteiger partial charge < -0.3 is 0 Å². The Kier molecular flexibility index (Phi) is 2.50. The molecule has 0 aliphatic carbocycles. The first-order valence-corrected chi connectivity index (χ1v) is 8.03. The van der Waals surface area contributed by atoms with Crippen molar-refractivity contribution in [2.75, 3.05) is 4.72 Å². The molecule has 106 valence electrons. The summed E-state index contributed by atoms with van der Waals surface area (Å²) in [6.07, 6.45) is 1.62. The van der Waals surface area contributed by atoms with Crippen LogP contribution in [0.5, 0.6) is 0 Å². The molecule has 2 heterocycles. The van der Waals surface area contributed by atoms with Crippen molar-refractivity contribution >= 4 is 26.6 Å². The topological polar surface area (TPSA) is 82.8 Å². The number of nitrogens with zero attached hydrogens (tertiary/aromatic N) is 2. The van der Waals surface area contributed by atoms with E-state index in [0.29, 0.717) is 22.3 Å². The van der Waals surface area contributed by atoms with Gasteiger partial charge in [0.15, 0.2) is 0 Å². The Balaban J connectivity index is 2.16. The van der Waals surface area contributed by atoms with Gasteiger partial charge in [0.25, 0.3) is 10.0 Å². The van der Waals surface area contributed by atoms with E-state index in [1.165, 1.54) is 12.1 Å². The summed E-state index contributed by atoms with van der Waals surface area (Å²) in [7, 11) is -3.67.